The van der Waals surface area contributed by atoms with Crippen molar-refractivity contribution in [1.29, 1.82) is 0 Å². The zero-order chi connectivity index (χ0) is 28.6. The summed E-state index contributed by atoms with van der Waals surface area (Å²) in [5.74, 6) is 0. The van der Waals surface area contributed by atoms with Crippen LogP contribution in [0.3, 0.4) is 0 Å². The normalized spacial score (nSPS) is 29.1. The van der Waals surface area contributed by atoms with E-state index in [2.05, 4.69) is 26.8 Å². The zero-order valence-corrected chi connectivity index (χ0v) is 22.5. The molecule has 0 aromatic carbocycles. The quantitative estimate of drug-likeness (QED) is 0.0968. The van der Waals surface area contributed by atoms with Crippen molar-refractivity contribution in [2.75, 3.05) is 6.61 Å². The van der Waals surface area contributed by atoms with Gasteiger partial charge in [-0.15, -0.1) is 0 Å². The van der Waals surface area contributed by atoms with Gasteiger partial charge in [0.15, 0.2) is 11.0 Å². The molecule has 4 unspecified atom stereocenters. The van der Waals surface area contributed by atoms with Crippen molar-refractivity contribution in [1.82, 2.24) is 9.55 Å². The first-order valence-corrected chi connectivity index (χ1v) is 16.6. The summed E-state index contributed by atoms with van der Waals surface area (Å²) in [4.78, 5) is 67.5. The largest absolute Gasteiger partial charge is 0.490 e. The molecule has 9 N–H and O–H groups in total. The van der Waals surface area contributed by atoms with Crippen LogP contribution in [0.25, 0.3) is 0 Å². The van der Waals surface area contributed by atoms with Crippen LogP contribution in [-0.4, -0.2) is 74.0 Å². The van der Waals surface area contributed by atoms with Crippen LogP contribution in [0.2, 0.25) is 0 Å². The molecule has 0 saturated carbocycles. The number of aromatic amines is 1. The second kappa shape index (κ2) is 11.7. The van der Waals surface area contributed by atoms with E-state index in [0.717, 1.165) is 16.8 Å². The molecule has 22 nitrogen and oxygen atoms in total. The first-order valence-electron chi connectivity index (χ1n) is 8.71. The van der Waals surface area contributed by atoms with E-state index in [9.17, 15) is 52.5 Å². The van der Waals surface area contributed by atoms with Gasteiger partial charge in [-0.05, 0) is 12.2 Å². The summed E-state index contributed by atoms with van der Waals surface area (Å²) in [5, 5.41) is 20.2. The summed E-state index contributed by atoms with van der Waals surface area (Å²) in [6.07, 6.45) is -5.54. The molecule has 37 heavy (non-hydrogen) atoms. The van der Waals surface area contributed by atoms with Crippen LogP contribution in [0, 0.1) is 4.77 Å². The predicted octanol–water partition coefficient (Wildman–Crippen LogP) is -0.898. The van der Waals surface area contributed by atoms with E-state index in [4.69, 9.17) is 31.6 Å². The molecular formula is C9H17N2O20P5S. The van der Waals surface area contributed by atoms with Gasteiger partial charge < -0.3 is 44.3 Å². The fourth-order valence-electron chi connectivity index (χ4n) is 2.49. The number of rotatable bonds is 12. The van der Waals surface area contributed by atoms with Crippen LogP contribution in [-0.2, 0) is 49.3 Å². The van der Waals surface area contributed by atoms with Gasteiger partial charge in [0.05, 0.1) is 6.61 Å². The van der Waals surface area contributed by atoms with Gasteiger partial charge >= 0.3 is 39.1 Å². The Kier molecular flexibility index (Phi) is 10.4. The zero-order valence-electron chi connectivity index (χ0n) is 17.2. The van der Waals surface area contributed by atoms with Gasteiger partial charge in [0.1, 0.15) is 18.3 Å². The fraction of sp³-hybridized carbons (Fsp3) is 0.556. The number of hydrogen-bond acceptors (Lipinski definition) is 15. The topological polar surface area (TPSA) is 340 Å². The Labute approximate surface area is 208 Å². The molecule has 1 aliphatic heterocycles. The minimum atomic E-state index is -6.26. The smallest absolute Gasteiger partial charge is 0.387 e. The van der Waals surface area contributed by atoms with Crippen molar-refractivity contribution in [2.45, 2.75) is 24.5 Å². The van der Waals surface area contributed by atoms with Crippen LogP contribution in [0.15, 0.2) is 17.1 Å². The van der Waals surface area contributed by atoms with Crippen LogP contribution in [0.4, 0.5) is 0 Å². The molecular weight excluding hydrogens is 643 g/mol. The number of aliphatic hydroxyl groups is 2. The Bertz CT molecular complexity index is 1350. The Morgan fingerprint density at radius 3 is 1.84 bits per heavy atom. The number of phosphoric ester groups is 1. The molecule has 0 amide bonds. The molecule has 2 heterocycles. The van der Waals surface area contributed by atoms with E-state index in [1.807, 2.05) is 0 Å². The minimum absolute atomic E-state index is 0.242. The average Bonchev–Trinajstić information content (AvgIpc) is 2.89. The summed E-state index contributed by atoms with van der Waals surface area (Å²) in [5.41, 5.74) is -0.600. The third kappa shape index (κ3) is 10.3. The van der Waals surface area contributed by atoms with Crippen molar-refractivity contribution in [3.05, 3.63) is 27.4 Å². The lowest BCUT2D eigenvalue weighted by Crippen LogP contribution is -2.34. The van der Waals surface area contributed by atoms with Gasteiger partial charge in [0.25, 0.3) is 5.56 Å². The third-order valence-electron chi connectivity index (χ3n) is 3.69. The maximum atomic E-state index is 12.0. The number of aliphatic hydroxyl groups excluding tert-OH is 2. The molecule has 214 valence electrons. The average molecular weight is 660 g/mol. The lowest BCUT2D eigenvalue weighted by molar-refractivity contribution is -0.0533. The van der Waals surface area contributed by atoms with Crippen molar-refractivity contribution >= 4 is 51.3 Å². The van der Waals surface area contributed by atoms with Crippen LogP contribution in [0.5, 0.6) is 0 Å². The highest BCUT2D eigenvalue weighted by Gasteiger charge is 2.49. The van der Waals surface area contributed by atoms with Gasteiger partial charge in [0, 0.05) is 12.3 Å². The maximum Gasteiger partial charge on any atom is 0.490 e. The molecule has 1 aromatic heterocycles. The van der Waals surface area contributed by atoms with E-state index < -0.39 is 75.8 Å². The lowest BCUT2D eigenvalue weighted by atomic mass is 10.1. The molecule has 1 saturated heterocycles. The van der Waals surface area contributed by atoms with Gasteiger partial charge in [-0.1, -0.05) is 0 Å². The molecule has 8 atom stereocenters. The first-order chi connectivity index (χ1) is 16.5. The lowest BCUT2D eigenvalue weighted by Gasteiger charge is -2.20. The van der Waals surface area contributed by atoms with Crippen molar-refractivity contribution in [2.24, 2.45) is 0 Å². The molecule has 0 radical (unpaired) electrons. The van der Waals surface area contributed by atoms with Gasteiger partial charge in [-0.25, -0.2) is 22.8 Å². The van der Waals surface area contributed by atoms with Crippen LogP contribution in [0.1, 0.15) is 6.23 Å². The molecule has 1 aromatic rings. The number of H-pyrrole nitrogens is 1. The third-order valence-corrected chi connectivity index (χ3v) is 11.1. The van der Waals surface area contributed by atoms with Gasteiger partial charge in [-0.3, -0.25) is 18.9 Å². The van der Waals surface area contributed by atoms with Crippen molar-refractivity contribution < 1.29 is 88.9 Å². The van der Waals surface area contributed by atoms with E-state index >= 15 is 0 Å². The number of nitrogens with zero attached hydrogens (tertiary/aromatic N) is 1. The minimum Gasteiger partial charge on any atom is -0.387 e. The van der Waals surface area contributed by atoms with Crippen LogP contribution < -0.4 is 5.56 Å². The SMILES string of the molecule is O=c1ccn([C@@H]2O[C@H](COP(=O)(O)OP(=O)(O)OP(=O)(O)OP(=O)(O)OP(=O)(O)O)[C@@H](O)[C@H]2O)c(=S)[nH]1. The second-order valence-corrected chi connectivity index (χ2v) is 14.5. The number of aromatic nitrogens is 2. The molecule has 0 bridgehead atoms. The predicted molar refractivity (Wildman–Crippen MR) is 113 cm³/mol. The number of phosphoric acid groups is 5. The summed E-state index contributed by atoms with van der Waals surface area (Å²) >= 11 is 4.88. The Morgan fingerprint density at radius 1 is 0.865 bits per heavy atom. The van der Waals surface area contributed by atoms with Gasteiger partial charge in [-0.2, -0.15) is 17.2 Å². The van der Waals surface area contributed by atoms with Gasteiger partial charge in [0.2, 0.25) is 0 Å². The number of nitrogens with one attached hydrogen (secondary N) is 1. The standard InChI is InChI=1S/C9H17N2O20P5S/c12-5-1-2-11(9(37)10-5)8-7(14)6(13)4(27-8)3-26-33(18,19)29-35(22,23)31-36(24,25)30-34(20,21)28-32(15,16)17/h1-2,4,6-8,13-14H,3H2,(H,18,19)(H,20,21)(H,22,23)(H,24,25)(H,10,12,37)(H2,15,16,17)/t4-,6-,7-,8-/m1/s1. The van der Waals surface area contributed by atoms with E-state index in [1.165, 1.54) is 0 Å². The monoisotopic (exact) mass is 660 g/mol. The molecule has 1 aliphatic rings. The first kappa shape index (κ1) is 32.9. The Balaban J connectivity index is 2.03. The van der Waals surface area contributed by atoms with Crippen LogP contribution >= 0.6 is 51.3 Å². The Hall–Kier alpha value is -0.310. The van der Waals surface area contributed by atoms with E-state index in [0.29, 0.717) is 0 Å². The molecule has 28 heteroatoms. The molecule has 0 spiro atoms. The van der Waals surface area contributed by atoms with E-state index in [1.54, 1.807) is 0 Å². The number of hydrogen-bond donors (Lipinski definition) is 9. The highest BCUT2D eigenvalue weighted by atomic mass is 32.1. The second-order valence-electron chi connectivity index (χ2n) is 6.55. The van der Waals surface area contributed by atoms with E-state index in [-0.39, 0.29) is 4.77 Å². The molecule has 2 rings (SSSR count). The molecule has 0 aliphatic carbocycles. The summed E-state index contributed by atoms with van der Waals surface area (Å²) in [7, 11) is -30.1. The Morgan fingerprint density at radius 2 is 1.35 bits per heavy atom. The maximum absolute atomic E-state index is 12.0. The number of ether oxygens (including phenoxy) is 1. The van der Waals surface area contributed by atoms with Crippen molar-refractivity contribution in [3.63, 3.8) is 0 Å². The summed E-state index contributed by atoms with van der Waals surface area (Å²) < 4.78 is 81.1. The summed E-state index contributed by atoms with van der Waals surface area (Å²) in [6, 6.07) is 0.994. The summed E-state index contributed by atoms with van der Waals surface area (Å²) in [6.45, 7) is -1.14. The molecule has 1 fully saturated rings. The highest BCUT2D eigenvalue weighted by molar-refractivity contribution is 7.71. The van der Waals surface area contributed by atoms with Crippen molar-refractivity contribution in [3.8, 4) is 0 Å². The highest BCUT2D eigenvalue weighted by Crippen LogP contribution is 2.73. The fourth-order valence-corrected chi connectivity index (χ4v) is 8.64.